The second-order valence-electron chi connectivity index (χ2n) is 4.10. The van der Waals surface area contributed by atoms with Crippen LogP contribution in [0, 0.1) is 6.92 Å². The van der Waals surface area contributed by atoms with E-state index < -0.39 is 0 Å². The molecule has 0 atom stereocenters. The van der Waals surface area contributed by atoms with Crippen molar-refractivity contribution >= 4 is 11.8 Å². The van der Waals surface area contributed by atoms with Gasteiger partial charge in [0.1, 0.15) is 0 Å². The molecular weight excluding hydrogens is 182 g/mol. The molecule has 1 nitrogen and oxygen atoms in total. The zero-order valence-corrected chi connectivity index (χ0v) is 10.2. The molecule has 0 aliphatic carbocycles. The van der Waals surface area contributed by atoms with Crippen LogP contribution in [0.2, 0.25) is 0 Å². The van der Waals surface area contributed by atoms with Crippen molar-refractivity contribution in [3.63, 3.8) is 0 Å². The van der Waals surface area contributed by atoms with E-state index in [0.29, 0.717) is 0 Å². The van der Waals surface area contributed by atoms with Crippen molar-refractivity contribution in [1.29, 1.82) is 0 Å². The fourth-order valence-corrected chi connectivity index (χ4v) is 1.80. The summed E-state index contributed by atoms with van der Waals surface area (Å²) in [6.45, 7) is 4.36. The Hall–Kier alpha value is -1.24. The Bertz CT molecular complexity index is 337. The summed E-state index contributed by atoms with van der Waals surface area (Å²) in [7, 11) is 4.19. The average Bonchev–Trinajstić information content (AvgIpc) is 2.17. The molecule has 0 N–H and O–H groups in total. The van der Waals surface area contributed by atoms with Gasteiger partial charge in [0.15, 0.2) is 0 Å². The monoisotopic (exact) mass is 203 g/mol. The van der Waals surface area contributed by atoms with E-state index in [1.807, 2.05) is 0 Å². The molecule has 1 aromatic carbocycles. The maximum atomic E-state index is 2.25. The number of nitrogens with zero attached hydrogens (tertiary/aromatic N) is 1. The largest absolute Gasteiger partial charge is 0.377 e. The van der Waals surface area contributed by atoms with Gasteiger partial charge in [0.05, 0.1) is 0 Å². The summed E-state index contributed by atoms with van der Waals surface area (Å²) < 4.78 is 0. The first-order valence-electron chi connectivity index (χ1n) is 5.60. The molecule has 0 spiro atoms. The van der Waals surface area contributed by atoms with E-state index in [1.165, 1.54) is 23.2 Å². The van der Waals surface area contributed by atoms with E-state index in [-0.39, 0.29) is 0 Å². The molecule has 0 saturated carbocycles. The molecule has 0 radical (unpaired) electrons. The standard InChI is InChI=1S/C14H21N/c1-5-6-7-10-13-11-8-9-12(2)14(13)15(3)4/h7-11H,5-6H2,1-4H3/b10-7+. The Kier molecular flexibility index (Phi) is 4.41. The van der Waals surface area contributed by atoms with Gasteiger partial charge in [-0.3, -0.25) is 0 Å². The lowest BCUT2D eigenvalue weighted by Gasteiger charge is -2.18. The van der Waals surface area contributed by atoms with Crippen LogP contribution in [0.15, 0.2) is 24.3 Å². The zero-order valence-electron chi connectivity index (χ0n) is 10.2. The Morgan fingerprint density at radius 3 is 2.60 bits per heavy atom. The summed E-state index contributed by atoms with van der Waals surface area (Å²) >= 11 is 0. The minimum Gasteiger partial charge on any atom is -0.377 e. The summed E-state index contributed by atoms with van der Waals surface area (Å²) in [6, 6.07) is 6.45. The van der Waals surface area contributed by atoms with Gasteiger partial charge >= 0.3 is 0 Å². The van der Waals surface area contributed by atoms with E-state index in [1.54, 1.807) is 0 Å². The van der Waals surface area contributed by atoms with Gasteiger partial charge in [-0.15, -0.1) is 0 Å². The third-order valence-corrected chi connectivity index (χ3v) is 2.47. The summed E-state index contributed by atoms with van der Waals surface area (Å²) in [5.41, 5.74) is 3.97. The van der Waals surface area contributed by atoms with E-state index in [9.17, 15) is 0 Å². The Balaban J connectivity index is 3.01. The second kappa shape index (κ2) is 5.59. The van der Waals surface area contributed by atoms with Crippen molar-refractivity contribution in [2.75, 3.05) is 19.0 Å². The highest BCUT2D eigenvalue weighted by Gasteiger charge is 2.04. The van der Waals surface area contributed by atoms with Gasteiger partial charge in [-0.1, -0.05) is 43.7 Å². The summed E-state index contributed by atoms with van der Waals surface area (Å²) in [5, 5.41) is 0. The van der Waals surface area contributed by atoms with Crippen LogP contribution in [-0.4, -0.2) is 14.1 Å². The van der Waals surface area contributed by atoms with Crippen molar-refractivity contribution in [2.24, 2.45) is 0 Å². The number of anilines is 1. The Morgan fingerprint density at radius 2 is 2.00 bits per heavy atom. The molecular formula is C14H21N. The van der Waals surface area contributed by atoms with Crippen molar-refractivity contribution in [3.8, 4) is 0 Å². The predicted octanol–water partition coefficient (Wildman–Crippen LogP) is 3.87. The fraction of sp³-hybridized carbons (Fsp3) is 0.429. The van der Waals surface area contributed by atoms with Gasteiger partial charge in [-0.05, 0) is 24.5 Å². The number of rotatable bonds is 4. The SMILES string of the molecule is CCC/C=C/c1cccc(C)c1N(C)C. The van der Waals surface area contributed by atoms with Crippen LogP contribution < -0.4 is 4.90 Å². The van der Waals surface area contributed by atoms with Gasteiger partial charge < -0.3 is 4.90 Å². The number of para-hydroxylation sites is 1. The minimum absolute atomic E-state index is 1.15. The average molecular weight is 203 g/mol. The predicted molar refractivity (Wildman–Crippen MR) is 69.4 cm³/mol. The highest BCUT2D eigenvalue weighted by Crippen LogP contribution is 2.24. The molecule has 0 bridgehead atoms. The van der Waals surface area contributed by atoms with E-state index >= 15 is 0 Å². The molecule has 0 amide bonds. The maximum absolute atomic E-state index is 2.25. The third-order valence-electron chi connectivity index (χ3n) is 2.47. The molecule has 0 unspecified atom stereocenters. The molecule has 1 rings (SSSR count). The molecule has 15 heavy (non-hydrogen) atoms. The number of unbranched alkanes of at least 4 members (excludes halogenated alkanes) is 1. The number of aryl methyl sites for hydroxylation is 1. The van der Waals surface area contributed by atoms with Crippen molar-refractivity contribution in [2.45, 2.75) is 26.7 Å². The number of hydrogen-bond acceptors (Lipinski definition) is 1. The fourth-order valence-electron chi connectivity index (χ4n) is 1.80. The van der Waals surface area contributed by atoms with E-state index in [4.69, 9.17) is 0 Å². The van der Waals surface area contributed by atoms with E-state index in [2.05, 4.69) is 63.2 Å². The highest BCUT2D eigenvalue weighted by molar-refractivity contribution is 5.70. The summed E-state index contributed by atoms with van der Waals surface area (Å²) in [6.07, 6.45) is 6.84. The number of allylic oxidation sites excluding steroid dienone is 1. The molecule has 1 heteroatoms. The van der Waals surface area contributed by atoms with Crippen LogP contribution in [0.25, 0.3) is 6.08 Å². The van der Waals surface area contributed by atoms with Crippen molar-refractivity contribution in [3.05, 3.63) is 35.4 Å². The van der Waals surface area contributed by atoms with Gasteiger partial charge in [0.25, 0.3) is 0 Å². The number of hydrogen-bond donors (Lipinski definition) is 0. The van der Waals surface area contributed by atoms with Crippen LogP contribution in [0.3, 0.4) is 0 Å². The van der Waals surface area contributed by atoms with Crippen LogP contribution in [0.1, 0.15) is 30.9 Å². The summed E-state index contributed by atoms with van der Waals surface area (Å²) in [4.78, 5) is 2.18. The zero-order chi connectivity index (χ0) is 11.3. The van der Waals surface area contributed by atoms with Gasteiger partial charge in [-0.2, -0.15) is 0 Å². The third kappa shape index (κ3) is 3.12. The molecule has 1 aromatic rings. The number of benzene rings is 1. The first-order chi connectivity index (χ1) is 7.16. The lowest BCUT2D eigenvalue weighted by Crippen LogP contribution is -2.11. The first-order valence-corrected chi connectivity index (χ1v) is 5.60. The van der Waals surface area contributed by atoms with Crippen LogP contribution in [0.4, 0.5) is 5.69 Å². The molecule has 82 valence electrons. The van der Waals surface area contributed by atoms with Gasteiger partial charge in [0.2, 0.25) is 0 Å². The Morgan fingerprint density at radius 1 is 1.27 bits per heavy atom. The lowest BCUT2D eigenvalue weighted by atomic mass is 10.1. The molecule has 0 heterocycles. The maximum Gasteiger partial charge on any atom is 0.0464 e. The summed E-state index contributed by atoms with van der Waals surface area (Å²) in [5.74, 6) is 0. The van der Waals surface area contributed by atoms with Gasteiger partial charge in [0, 0.05) is 19.8 Å². The molecule has 0 aliphatic rings. The Labute approximate surface area is 93.4 Å². The van der Waals surface area contributed by atoms with Crippen molar-refractivity contribution < 1.29 is 0 Å². The van der Waals surface area contributed by atoms with E-state index in [0.717, 1.165) is 6.42 Å². The van der Waals surface area contributed by atoms with Crippen molar-refractivity contribution in [1.82, 2.24) is 0 Å². The van der Waals surface area contributed by atoms with Crippen LogP contribution in [-0.2, 0) is 0 Å². The van der Waals surface area contributed by atoms with Crippen LogP contribution in [0.5, 0.6) is 0 Å². The molecule has 0 fully saturated rings. The van der Waals surface area contributed by atoms with Gasteiger partial charge in [-0.25, -0.2) is 0 Å². The normalized spacial score (nSPS) is 10.9. The quantitative estimate of drug-likeness (QED) is 0.718. The second-order valence-corrected chi connectivity index (χ2v) is 4.10. The molecule has 0 aliphatic heterocycles. The molecule has 0 saturated heterocycles. The smallest absolute Gasteiger partial charge is 0.0464 e. The lowest BCUT2D eigenvalue weighted by molar-refractivity contribution is 0.962. The minimum atomic E-state index is 1.15. The first kappa shape index (κ1) is 11.8. The highest BCUT2D eigenvalue weighted by atomic mass is 15.1. The molecule has 0 aromatic heterocycles. The topological polar surface area (TPSA) is 3.24 Å². The van der Waals surface area contributed by atoms with Crippen LogP contribution >= 0.6 is 0 Å².